The zero-order valence-electron chi connectivity index (χ0n) is 15.1. The van der Waals surface area contributed by atoms with Crippen molar-refractivity contribution in [3.63, 3.8) is 0 Å². The lowest BCUT2D eigenvalue weighted by molar-refractivity contribution is 0.302. The number of ether oxygens (including phenoxy) is 1. The van der Waals surface area contributed by atoms with Gasteiger partial charge in [0, 0.05) is 22.2 Å². The van der Waals surface area contributed by atoms with Gasteiger partial charge in [-0.25, -0.2) is 4.98 Å². The Bertz CT molecular complexity index is 1040. The first-order valence-electron chi connectivity index (χ1n) is 8.97. The first-order valence-corrected chi connectivity index (χ1v) is 9.73. The topological polar surface area (TPSA) is 49.9 Å². The number of aromatic amines is 1. The Labute approximate surface area is 173 Å². The Morgan fingerprint density at radius 1 is 0.893 bits per heavy atom. The van der Waals surface area contributed by atoms with Crippen molar-refractivity contribution in [2.45, 2.75) is 19.7 Å². The number of halogens is 2. The van der Waals surface area contributed by atoms with Crippen LogP contribution >= 0.6 is 23.2 Å². The minimum atomic E-state index is 0.468. The van der Waals surface area contributed by atoms with E-state index in [0.717, 1.165) is 33.7 Å². The summed E-state index contributed by atoms with van der Waals surface area (Å²) < 4.78 is 6.00. The highest BCUT2D eigenvalue weighted by Gasteiger charge is 2.07. The van der Waals surface area contributed by atoms with Gasteiger partial charge < -0.3 is 15.0 Å². The number of benzene rings is 3. The molecule has 0 spiro atoms. The number of nitrogens with zero attached hydrogens (tertiary/aromatic N) is 1. The van der Waals surface area contributed by atoms with E-state index in [2.05, 4.69) is 15.3 Å². The molecule has 28 heavy (non-hydrogen) atoms. The minimum absolute atomic E-state index is 0.468. The van der Waals surface area contributed by atoms with Crippen molar-refractivity contribution in [3.8, 4) is 5.75 Å². The number of rotatable bonds is 7. The van der Waals surface area contributed by atoms with Gasteiger partial charge in [-0.3, -0.25) is 0 Å². The van der Waals surface area contributed by atoms with Crippen LogP contribution in [-0.4, -0.2) is 9.97 Å². The van der Waals surface area contributed by atoms with Gasteiger partial charge in [0.1, 0.15) is 18.2 Å². The summed E-state index contributed by atoms with van der Waals surface area (Å²) in [6, 6.07) is 21.3. The van der Waals surface area contributed by atoms with Crippen LogP contribution in [0.5, 0.6) is 5.75 Å². The Morgan fingerprint density at radius 3 is 2.50 bits per heavy atom. The lowest BCUT2D eigenvalue weighted by atomic mass is 10.2. The fourth-order valence-corrected chi connectivity index (χ4v) is 3.29. The Kier molecular flexibility index (Phi) is 5.81. The highest BCUT2D eigenvalue weighted by molar-refractivity contribution is 6.30. The molecule has 1 aromatic heterocycles. The molecule has 0 bridgehead atoms. The van der Waals surface area contributed by atoms with Gasteiger partial charge in [-0.1, -0.05) is 47.5 Å². The average Bonchev–Trinajstić information content (AvgIpc) is 3.11. The molecular weight excluding hydrogens is 393 g/mol. The first kappa shape index (κ1) is 18.8. The second-order valence-corrected chi connectivity index (χ2v) is 7.34. The number of para-hydroxylation sites is 2. The maximum absolute atomic E-state index is 6.18. The zero-order chi connectivity index (χ0) is 19.3. The highest BCUT2D eigenvalue weighted by atomic mass is 35.5. The lowest BCUT2D eigenvalue weighted by Gasteiger charge is -2.13. The van der Waals surface area contributed by atoms with Gasteiger partial charge in [0.25, 0.3) is 0 Å². The van der Waals surface area contributed by atoms with Gasteiger partial charge in [-0.15, -0.1) is 0 Å². The van der Waals surface area contributed by atoms with Crippen LogP contribution in [0, 0.1) is 0 Å². The molecule has 3 aromatic carbocycles. The summed E-state index contributed by atoms with van der Waals surface area (Å²) in [7, 11) is 0. The maximum atomic E-state index is 6.18. The van der Waals surface area contributed by atoms with E-state index >= 15 is 0 Å². The van der Waals surface area contributed by atoms with E-state index in [1.165, 1.54) is 0 Å². The van der Waals surface area contributed by atoms with Gasteiger partial charge in [-0.2, -0.15) is 0 Å². The molecule has 0 fully saturated rings. The number of aromatic nitrogens is 2. The summed E-state index contributed by atoms with van der Waals surface area (Å²) in [6.45, 7) is 1.71. The predicted octanol–water partition coefficient (Wildman–Crippen LogP) is 5.74. The molecule has 0 atom stereocenters. The SMILES string of the molecule is Clc1ccc(COc2ccc(Cl)cc2CNCc2nc3ccccc3[nH]2)cc1. The number of nitrogens with one attached hydrogen (secondary N) is 2. The molecule has 0 saturated heterocycles. The Morgan fingerprint density at radius 2 is 1.68 bits per heavy atom. The fourth-order valence-electron chi connectivity index (χ4n) is 2.97. The standard InChI is InChI=1S/C22H19Cl2N3O/c23-17-7-5-15(6-8-17)14-28-21-10-9-18(24)11-16(21)12-25-13-22-26-19-3-1-2-4-20(19)27-22/h1-11,25H,12-14H2,(H,26,27). The van der Waals surface area contributed by atoms with Crippen molar-refractivity contribution < 1.29 is 4.74 Å². The summed E-state index contributed by atoms with van der Waals surface area (Å²) in [4.78, 5) is 7.90. The lowest BCUT2D eigenvalue weighted by Crippen LogP contribution is -2.14. The van der Waals surface area contributed by atoms with Gasteiger partial charge in [0.15, 0.2) is 0 Å². The third-order valence-electron chi connectivity index (χ3n) is 4.38. The van der Waals surface area contributed by atoms with E-state index in [1.807, 2.05) is 66.7 Å². The Hall–Kier alpha value is -2.53. The molecule has 4 aromatic rings. The highest BCUT2D eigenvalue weighted by Crippen LogP contribution is 2.24. The minimum Gasteiger partial charge on any atom is -0.489 e. The van der Waals surface area contributed by atoms with Crippen molar-refractivity contribution in [1.82, 2.24) is 15.3 Å². The van der Waals surface area contributed by atoms with Crippen LogP contribution in [0.2, 0.25) is 10.0 Å². The second kappa shape index (κ2) is 8.65. The smallest absolute Gasteiger partial charge is 0.124 e. The number of fused-ring (bicyclic) bond motifs is 1. The van der Waals surface area contributed by atoms with Crippen LogP contribution in [0.4, 0.5) is 0 Å². The number of H-pyrrole nitrogens is 1. The van der Waals surface area contributed by atoms with Crippen molar-refractivity contribution >= 4 is 34.2 Å². The van der Waals surface area contributed by atoms with E-state index in [0.29, 0.717) is 29.7 Å². The predicted molar refractivity (Wildman–Crippen MR) is 114 cm³/mol. The third kappa shape index (κ3) is 4.65. The molecule has 4 rings (SSSR count). The van der Waals surface area contributed by atoms with Crippen LogP contribution in [0.15, 0.2) is 66.7 Å². The van der Waals surface area contributed by atoms with Crippen molar-refractivity contribution in [3.05, 3.63) is 93.7 Å². The van der Waals surface area contributed by atoms with Gasteiger partial charge in [-0.05, 0) is 48.0 Å². The summed E-state index contributed by atoms with van der Waals surface area (Å²) in [6.07, 6.45) is 0. The molecule has 2 N–H and O–H groups in total. The fraction of sp³-hybridized carbons (Fsp3) is 0.136. The molecule has 0 aliphatic rings. The van der Waals surface area contributed by atoms with Crippen molar-refractivity contribution in [1.29, 1.82) is 0 Å². The number of hydrogen-bond acceptors (Lipinski definition) is 3. The molecule has 0 saturated carbocycles. The molecule has 0 radical (unpaired) electrons. The van der Waals surface area contributed by atoms with Gasteiger partial charge >= 0.3 is 0 Å². The van der Waals surface area contributed by atoms with Crippen LogP contribution < -0.4 is 10.1 Å². The average molecular weight is 412 g/mol. The second-order valence-electron chi connectivity index (χ2n) is 6.47. The van der Waals surface area contributed by atoms with E-state index < -0.39 is 0 Å². The third-order valence-corrected chi connectivity index (χ3v) is 4.86. The monoisotopic (exact) mass is 411 g/mol. The molecule has 1 heterocycles. The molecule has 4 nitrogen and oxygen atoms in total. The Balaban J connectivity index is 1.40. The number of hydrogen-bond donors (Lipinski definition) is 2. The normalized spacial score (nSPS) is 11.1. The first-order chi connectivity index (χ1) is 13.7. The quantitative estimate of drug-likeness (QED) is 0.407. The summed E-state index contributed by atoms with van der Waals surface area (Å²) in [5, 5.41) is 4.80. The maximum Gasteiger partial charge on any atom is 0.124 e. The molecule has 0 aliphatic heterocycles. The largest absolute Gasteiger partial charge is 0.489 e. The van der Waals surface area contributed by atoms with E-state index in [4.69, 9.17) is 27.9 Å². The molecule has 0 aliphatic carbocycles. The van der Waals surface area contributed by atoms with Gasteiger partial charge in [0.05, 0.1) is 17.6 Å². The van der Waals surface area contributed by atoms with Crippen molar-refractivity contribution in [2.24, 2.45) is 0 Å². The summed E-state index contributed by atoms with van der Waals surface area (Å²) in [5.74, 6) is 1.70. The van der Waals surface area contributed by atoms with Crippen LogP contribution in [0.3, 0.4) is 0 Å². The molecule has 142 valence electrons. The van der Waals surface area contributed by atoms with Crippen LogP contribution in [0.25, 0.3) is 11.0 Å². The van der Waals surface area contributed by atoms with E-state index in [9.17, 15) is 0 Å². The molecule has 0 unspecified atom stereocenters. The van der Waals surface area contributed by atoms with Gasteiger partial charge in [0.2, 0.25) is 0 Å². The summed E-state index contributed by atoms with van der Waals surface area (Å²) in [5.41, 5.74) is 4.06. The molecular formula is C22H19Cl2N3O. The number of imidazole rings is 1. The van der Waals surface area contributed by atoms with E-state index in [1.54, 1.807) is 0 Å². The van der Waals surface area contributed by atoms with Crippen LogP contribution in [0.1, 0.15) is 17.0 Å². The van der Waals surface area contributed by atoms with Crippen LogP contribution in [-0.2, 0) is 19.7 Å². The molecule has 6 heteroatoms. The van der Waals surface area contributed by atoms with Crippen molar-refractivity contribution in [2.75, 3.05) is 0 Å². The van der Waals surface area contributed by atoms with E-state index in [-0.39, 0.29) is 0 Å². The zero-order valence-corrected chi connectivity index (χ0v) is 16.6. The summed E-state index contributed by atoms with van der Waals surface area (Å²) >= 11 is 12.1. The molecule has 0 amide bonds.